The van der Waals surface area contributed by atoms with Crippen molar-refractivity contribution in [1.82, 2.24) is 19.6 Å². The molecule has 0 radical (unpaired) electrons. The lowest BCUT2D eigenvalue weighted by Crippen LogP contribution is -2.41. The molecule has 3 aliphatic rings. The quantitative estimate of drug-likeness (QED) is 0.332. The van der Waals surface area contributed by atoms with Crippen LogP contribution < -0.4 is 10.6 Å². The summed E-state index contributed by atoms with van der Waals surface area (Å²) in [6.45, 7) is 4.60. The number of nitrogens with zero attached hydrogens (tertiary/aromatic N) is 4. The Morgan fingerprint density at radius 1 is 1.05 bits per heavy atom. The Morgan fingerprint density at radius 2 is 1.88 bits per heavy atom. The maximum absolute atomic E-state index is 11.3. The van der Waals surface area contributed by atoms with Gasteiger partial charge >= 0.3 is 6.09 Å². The van der Waals surface area contributed by atoms with Gasteiger partial charge in [-0.15, -0.1) is 0 Å². The van der Waals surface area contributed by atoms with Gasteiger partial charge in [0.25, 0.3) is 0 Å². The van der Waals surface area contributed by atoms with Crippen molar-refractivity contribution in [2.45, 2.75) is 63.4 Å². The third-order valence-electron chi connectivity index (χ3n) is 8.47. The summed E-state index contributed by atoms with van der Waals surface area (Å²) in [7, 11) is 0. The summed E-state index contributed by atoms with van der Waals surface area (Å²) in [6, 6.07) is 14.9. The molecule has 40 heavy (non-hydrogen) atoms. The highest BCUT2D eigenvalue weighted by molar-refractivity contribution is 5.98. The van der Waals surface area contributed by atoms with Gasteiger partial charge in [0.15, 0.2) is 12.0 Å². The number of carbonyl (C=O) groups is 1. The molecule has 4 heterocycles. The highest BCUT2D eigenvalue weighted by Crippen LogP contribution is 2.35. The second-order valence-corrected chi connectivity index (χ2v) is 11.3. The number of aliphatic hydroxyl groups excluding tert-OH is 1. The number of para-hydroxylation sites is 1. The Morgan fingerprint density at radius 3 is 2.65 bits per heavy atom. The number of benzene rings is 2. The van der Waals surface area contributed by atoms with E-state index in [1.54, 1.807) is 0 Å². The number of fused-ring (bicyclic) bond motifs is 2. The first-order valence-corrected chi connectivity index (χ1v) is 14.6. The molecule has 10 heteroatoms. The molecule has 2 aromatic carbocycles. The minimum Gasteiger partial charge on any atom is -0.465 e. The average molecular weight is 549 g/mol. The topological polar surface area (TPSA) is 115 Å². The van der Waals surface area contributed by atoms with Crippen LogP contribution in [0.4, 0.5) is 16.3 Å². The fraction of sp³-hybridized carbons (Fsp3) is 0.533. The Balaban J connectivity index is 1.17. The van der Waals surface area contributed by atoms with Gasteiger partial charge in [-0.25, -0.2) is 9.48 Å². The van der Waals surface area contributed by atoms with Crippen LogP contribution in [0.3, 0.4) is 0 Å². The van der Waals surface area contributed by atoms with E-state index >= 15 is 0 Å². The lowest BCUT2D eigenvalue weighted by molar-refractivity contribution is -0.0364. The summed E-state index contributed by atoms with van der Waals surface area (Å²) in [5, 5.41) is 33.4. The van der Waals surface area contributed by atoms with Crippen LogP contribution in [0.25, 0.3) is 10.9 Å². The van der Waals surface area contributed by atoms with Gasteiger partial charge in [-0.05, 0) is 61.8 Å². The largest absolute Gasteiger partial charge is 0.465 e. The van der Waals surface area contributed by atoms with Crippen LogP contribution in [0, 0.1) is 0 Å². The Labute approximate surface area is 234 Å². The zero-order chi connectivity index (χ0) is 27.5. The molecule has 0 saturated carbocycles. The summed E-state index contributed by atoms with van der Waals surface area (Å²) in [4.78, 5) is 15.1. The average Bonchev–Trinajstić information content (AvgIpc) is 3.36. The molecule has 6 rings (SSSR count). The van der Waals surface area contributed by atoms with Gasteiger partial charge in [0.1, 0.15) is 0 Å². The molecule has 10 nitrogen and oxygen atoms in total. The predicted molar refractivity (Wildman–Crippen MR) is 155 cm³/mol. The van der Waals surface area contributed by atoms with E-state index in [9.17, 15) is 15.0 Å². The molecular formula is C30H40N6O4. The number of aliphatic hydroxyl groups is 1. The fourth-order valence-electron chi connectivity index (χ4n) is 6.29. The SMILES string of the molecule is O=C(O)N1CCC(Nc2cccc3c(NCC(O)CN4CCc5ccccc5C4)nn(C4CCCCO4)c23)CC1. The number of anilines is 2. The van der Waals surface area contributed by atoms with Crippen molar-refractivity contribution in [3.63, 3.8) is 0 Å². The van der Waals surface area contributed by atoms with Gasteiger partial charge in [-0.1, -0.05) is 30.3 Å². The Hall–Kier alpha value is -3.34. The van der Waals surface area contributed by atoms with Crippen LogP contribution in [0.2, 0.25) is 0 Å². The van der Waals surface area contributed by atoms with Crippen molar-refractivity contribution in [2.75, 3.05) is 50.0 Å². The van der Waals surface area contributed by atoms with Crippen molar-refractivity contribution in [3.8, 4) is 0 Å². The summed E-state index contributed by atoms with van der Waals surface area (Å²) in [6.07, 6.45) is 4.06. The molecule has 1 aromatic heterocycles. The molecule has 0 bridgehead atoms. The first-order chi connectivity index (χ1) is 19.5. The highest BCUT2D eigenvalue weighted by atomic mass is 16.5. The van der Waals surface area contributed by atoms with E-state index in [1.165, 1.54) is 16.0 Å². The van der Waals surface area contributed by atoms with Crippen LogP contribution in [0.5, 0.6) is 0 Å². The first-order valence-electron chi connectivity index (χ1n) is 14.6. The maximum Gasteiger partial charge on any atom is 0.407 e. The molecular weight excluding hydrogens is 508 g/mol. The third kappa shape index (κ3) is 5.89. The summed E-state index contributed by atoms with van der Waals surface area (Å²) >= 11 is 0. The number of amides is 1. The molecule has 3 aromatic rings. The maximum atomic E-state index is 11.3. The molecule has 2 unspecified atom stereocenters. The predicted octanol–water partition coefficient (Wildman–Crippen LogP) is 4.12. The molecule has 2 fully saturated rings. The van der Waals surface area contributed by atoms with Crippen molar-refractivity contribution in [3.05, 3.63) is 53.6 Å². The molecule has 214 valence electrons. The number of piperidine rings is 1. The fourth-order valence-corrected chi connectivity index (χ4v) is 6.29. The number of nitrogens with one attached hydrogen (secondary N) is 2. The van der Waals surface area contributed by atoms with Crippen LogP contribution in [-0.4, -0.2) is 87.4 Å². The normalized spacial score (nSPS) is 21.2. The van der Waals surface area contributed by atoms with E-state index in [0.29, 0.717) is 26.2 Å². The molecule has 0 aliphatic carbocycles. The molecule has 3 aliphatic heterocycles. The Bertz CT molecular complexity index is 1310. The molecule has 1 amide bonds. The Kier molecular flexibility index (Phi) is 8.08. The highest BCUT2D eigenvalue weighted by Gasteiger charge is 2.26. The van der Waals surface area contributed by atoms with E-state index in [-0.39, 0.29) is 12.3 Å². The molecule has 0 spiro atoms. The van der Waals surface area contributed by atoms with Gasteiger partial charge in [-0.3, -0.25) is 4.90 Å². The van der Waals surface area contributed by atoms with Crippen molar-refractivity contribution in [2.24, 2.45) is 0 Å². The standard InChI is InChI=1S/C30H40N6O4/c37-24(20-34-14-11-21-6-1-2-7-22(21)19-34)18-31-29-25-8-5-9-26(32-23-12-15-35(16-13-23)30(38)39)28(25)36(33-29)27-10-3-4-17-40-27/h1-2,5-9,23-24,27,32,37H,3-4,10-20H2,(H,31,33)(H,38,39). The van der Waals surface area contributed by atoms with Gasteiger partial charge in [0, 0.05) is 57.3 Å². The van der Waals surface area contributed by atoms with Crippen molar-refractivity contribution < 1.29 is 19.7 Å². The minimum atomic E-state index is -0.851. The van der Waals surface area contributed by atoms with E-state index in [1.807, 2.05) is 10.7 Å². The molecule has 2 atom stereocenters. The van der Waals surface area contributed by atoms with Crippen LogP contribution in [-0.2, 0) is 17.7 Å². The molecule has 2 saturated heterocycles. The van der Waals surface area contributed by atoms with Crippen LogP contribution in [0.15, 0.2) is 42.5 Å². The smallest absolute Gasteiger partial charge is 0.407 e. The van der Waals surface area contributed by atoms with E-state index < -0.39 is 12.2 Å². The van der Waals surface area contributed by atoms with E-state index in [2.05, 4.69) is 51.9 Å². The van der Waals surface area contributed by atoms with Gasteiger partial charge in [0.2, 0.25) is 0 Å². The number of likely N-dealkylation sites (tertiary alicyclic amines) is 1. The van der Waals surface area contributed by atoms with Gasteiger partial charge in [-0.2, -0.15) is 5.10 Å². The lowest BCUT2D eigenvalue weighted by atomic mass is 10.00. The van der Waals surface area contributed by atoms with Crippen LogP contribution in [0.1, 0.15) is 49.5 Å². The monoisotopic (exact) mass is 548 g/mol. The first kappa shape index (κ1) is 26.9. The van der Waals surface area contributed by atoms with E-state index in [0.717, 1.165) is 80.6 Å². The summed E-state index contributed by atoms with van der Waals surface area (Å²) < 4.78 is 8.14. The van der Waals surface area contributed by atoms with Crippen LogP contribution >= 0.6 is 0 Å². The number of β-amino-alcohol motifs (C(OH)–C–C–N with tert-alkyl or cyclic N) is 1. The van der Waals surface area contributed by atoms with E-state index in [4.69, 9.17) is 9.84 Å². The number of hydrogen-bond acceptors (Lipinski definition) is 7. The summed E-state index contributed by atoms with van der Waals surface area (Å²) in [5.41, 5.74) is 4.72. The van der Waals surface area contributed by atoms with Crippen molar-refractivity contribution >= 4 is 28.5 Å². The van der Waals surface area contributed by atoms with Gasteiger partial charge < -0.3 is 30.5 Å². The number of aromatic nitrogens is 2. The van der Waals surface area contributed by atoms with Crippen molar-refractivity contribution in [1.29, 1.82) is 0 Å². The second-order valence-electron chi connectivity index (χ2n) is 11.3. The lowest BCUT2D eigenvalue weighted by Gasteiger charge is -2.31. The third-order valence-corrected chi connectivity index (χ3v) is 8.47. The number of carboxylic acid groups (broad SMARTS) is 1. The number of hydrogen-bond donors (Lipinski definition) is 4. The van der Waals surface area contributed by atoms with Gasteiger partial charge in [0.05, 0.1) is 17.3 Å². The minimum absolute atomic E-state index is 0.137. The summed E-state index contributed by atoms with van der Waals surface area (Å²) in [5.74, 6) is 0.747. The number of rotatable bonds is 8. The number of ether oxygens (including phenoxy) is 1. The zero-order valence-corrected chi connectivity index (χ0v) is 23.0. The molecule has 4 N–H and O–H groups in total. The zero-order valence-electron chi connectivity index (χ0n) is 23.0. The second kappa shape index (κ2) is 12.0.